The molecule has 1 aromatic carbocycles. The minimum Gasteiger partial charge on any atom is -0.462 e. The number of hydrogen-bond acceptors (Lipinski definition) is 6. The molecule has 0 atom stereocenters. The Hall–Kier alpha value is -2.37. The van der Waals surface area contributed by atoms with Crippen molar-refractivity contribution in [2.24, 2.45) is 0 Å². The van der Waals surface area contributed by atoms with Crippen molar-refractivity contribution in [3.05, 3.63) is 34.9 Å². The van der Waals surface area contributed by atoms with Crippen LogP contribution < -0.4 is 0 Å². The first-order valence-electron chi connectivity index (χ1n) is 9.19. The lowest BCUT2D eigenvalue weighted by Crippen LogP contribution is -2.14. The van der Waals surface area contributed by atoms with Crippen molar-refractivity contribution in [1.29, 1.82) is 0 Å². The summed E-state index contributed by atoms with van der Waals surface area (Å²) in [4.78, 5) is 36.2. The summed E-state index contributed by atoms with van der Waals surface area (Å²) in [5, 5.41) is 0. The molecule has 1 aromatic rings. The van der Waals surface area contributed by atoms with Gasteiger partial charge >= 0.3 is 17.9 Å². The molecule has 0 saturated heterocycles. The predicted octanol–water partition coefficient (Wildman–Crippen LogP) is 4.41. The quantitative estimate of drug-likeness (QED) is 0.476. The fourth-order valence-electron chi connectivity index (χ4n) is 1.82. The molecule has 0 aliphatic rings. The van der Waals surface area contributed by atoms with Gasteiger partial charge < -0.3 is 14.2 Å². The minimum atomic E-state index is -0.591. The van der Waals surface area contributed by atoms with Gasteiger partial charge in [0.2, 0.25) is 0 Å². The Labute approximate surface area is 155 Å². The molecule has 0 unspecified atom stereocenters. The average molecular weight is 366 g/mol. The van der Waals surface area contributed by atoms with E-state index in [1.165, 1.54) is 18.2 Å². The van der Waals surface area contributed by atoms with Crippen molar-refractivity contribution in [3.8, 4) is 0 Å². The fourth-order valence-corrected chi connectivity index (χ4v) is 1.82. The topological polar surface area (TPSA) is 78.9 Å². The Balaban J connectivity index is 0.00000301. The first-order chi connectivity index (χ1) is 12.5. The van der Waals surface area contributed by atoms with Crippen LogP contribution in [0.2, 0.25) is 0 Å². The van der Waals surface area contributed by atoms with Crippen LogP contribution in [-0.4, -0.2) is 37.7 Å². The van der Waals surface area contributed by atoms with E-state index in [0.717, 1.165) is 0 Å². The van der Waals surface area contributed by atoms with Crippen molar-refractivity contribution in [3.63, 3.8) is 0 Å². The molecule has 0 bridgehead atoms. The van der Waals surface area contributed by atoms with Crippen LogP contribution in [-0.2, 0) is 14.2 Å². The lowest BCUT2D eigenvalue weighted by atomic mass is 10.1. The van der Waals surface area contributed by atoms with Gasteiger partial charge in [0.15, 0.2) is 0 Å². The highest BCUT2D eigenvalue weighted by Gasteiger charge is 2.18. The van der Waals surface area contributed by atoms with E-state index in [1.54, 1.807) is 0 Å². The molecule has 0 N–H and O–H groups in total. The highest BCUT2D eigenvalue weighted by atomic mass is 16.5. The maximum absolute atomic E-state index is 12.1. The summed E-state index contributed by atoms with van der Waals surface area (Å²) in [6.45, 7) is 10.4. The molecule has 6 nitrogen and oxygen atoms in total. The number of esters is 3. The van der Waals surface area contributed by atoms with Gasteiger partial charge in [-0.2, -0.15) is 0 Å². The van der Waals surface area contributed by atoms with Gasteiger partial charge in [-0.3, -0.25) is 0 Å². The van der Waals surface area contributed by atoms with E-state index in [0.29, 0.717) is 19.3 Å². The number of carbonyl (C=O) groups is 3. The van der Waals surface area contributed by atoms with Crippen LogP contribution in [0.4, 0.5) is 0 Å². The largest absolute Gasteiger partial charge is 0.462 e. The fraction of sp³-hybridized carbons (Fsp3) is 0.550. The molecule has 0 fully saturated rings. The summed E-state index contributed by atoms with van der Waals surface area (Å²) < 4.78 is 15.2. The zero-order valence-corrected chi connectivity index (χ0v) is 16.4. The average Bonchev–Trinajstić information content (AvgIpc) is 2.69. The third-order valence-electron chi connectivity index (χ3n) is 2.95. The summed E-state index contributed by atoms with van der Waals surface area (Å²) in [6.07, 6.45) is 2.03. The molecule has 0 amide bonds. The van der Waals surface area contributed by atoms with E-state index in [-0.39, 0.29) is 36.5 Å². The van der Waals surface area contributed by atoms with Gasteiger partial charge in [-0.05, 0) is 37.5 Å². The van der Waals surface area contributed by atoms with Crippen LogP contribution in [0.1, 0.15) is 85.0 Å². The maximum atomic E-state index is 12.1. The maximum Gasteiger partial charge on any atom is 0.338 e. The molecule has 6 heteroatoms. The first kappa shape index (κ1) is 23.6. The van der Waals surface area contributed by atoms with Crippen molar-refractivity contribution in [2.45, 2.75) is 53.9 Å². The minimum absolute atomic E-state index is 0.123. The molecule has 0 radical (unpaired) electrons. The van der Waals surface area contributed by atoms with Gasteiger partial charge in [-0.1, -0.05) is 34.6 Å². The molecule has 0 aliphatic carbocycles. The summed E-state index contributed by atoms with van der Waals surface area (Å²) >= 11 is 0. The summed E-state index contributed by atoms with van der Waals surface area (Å²) in [5.41, 5.74) is 0.369. The van der Waals surface area contributed by atoms with Crippen molar-refractivity contribution in [1.82, 2.24) is 0 Å². The molecule has 1 rings (SSSR count). The molecule has 146 valence electrons. The van der Waals surface area contributed by atoms with Gasteiger partial charge in [-0.25, -0.2) is 14.4 Å². The van der Waals surface area contributed by atoms with E-state index < -0.39 is 17.9 Å². The number of benzene rings is 1. The SMILES string of the molecule is CC.CCCOC(=O)c1cc(C(=O)OCCC)cc(C(=O)OCCC)c1. The molecule has 0 heterocycles. The Morgan fingerprint density at radius 2 is 0.846 bits per heavy atom. The zero-order chi connectivity index (χ0) is 19.9. The van der Waals surface area contributed by atoms with Gasteiger partial charge in [0.1, 0.15) is 0 Å². The Morgan fingerprint density at radius 1 is 0.615 bits per heavy atom. The van der Waals surface area contributed by atoms with E-state index in [4.69, 9.17) is 14.2 Å². The van der Waals surface area contributed by atoms with Crippen LogP contribution in [0.25, 0.3) is 0 Å². The second-order valence-corrected chi connectivity index (χ2v) is 5.21. The van der Waals surface area contributed by atoms with Crippen LogP contribution in [0, 0.1) is 0 Å². The Morgan fingerprint density at radius 3 is 1.04 bits per heavy atom. The van der Waals surface area contributed by atoms with Gasteiger partial charge in [-0.15, -0.1) is 0 Å². The second-order valence-electron chi connectivity index (χ2n) is 5.21. The molecule has 0 aromatic heterocycles. The Bertz CT molecular complexity index is 486. The summed E-state index contributed by atoms with van der Waals surface area (Å²) in [6, 6.07) is 4.10. The lowest BCUT2D eigenvalue weighted by molar-refractivity contribution is 0.0502. The van der Waals surface area contributed by atoms with Crippen molar-refractivity contribution in [2.75, 3.05) is 19.8 Å². The number of rotatable bonds is 9. The smallest absolute Gasteiger partial charge is 0.338 e. The van der Waals surface area contributed by atoms with Gasteiger partial charge in [0, 0.05) is 0 Å². The molecular weight excluding hydrogens is 336 g/mol. The van der Waals surface area contributed by atoms with E-state index >= 15 is 0 Å². The van der Waals surface area contributed by atoms with Crippen LogP contribution >= 0.6 is 0 Å². The Kier molecular flexibility index (Phi) is 12.6. The summed E-state index contributed by atoms with van der Waals surface area (Å²) in [5.74, 6) is -1.77. The molecular formula is C20H30O6. The van der Waals surface area contributed by atoms with Gasteiger partial charge in [0.25, 0.3) is 0 Å². The molecule has 0 aliphatic heterocycles. The normalized spacial score (nSPS) is 9.58. The van der Waals surface area contributed by atoms with Crippen LogP contribution in [0.3, 0.4) is 0 Å². The highest BCUT2D eigenvalue weighted by molar-refractivity contribution is 6.00. The number of hydrogen-bond donors (Lipinski definition) is 0. The van der Waals surface area contributed by atoms with Crippen LogP contribution in [0.5, 0.6) is 0 Å². The predicted molar refractivity (Wildman–Crippen MR) is 99.5 cm³/mol. The lowest BCUT2D eigenvalue weighted by Gasteiger charge is -2.10. The first-order valence-corrected chi connectivity index (χ1v) is 9.19. The number of ether oxygens (including phenoxy) is 3. The zero-order valence-electron chi connectivity index (χ0n) is 16.4. The second kappa shape index (κ2) is 13.9. The van der Waals surface area contributed by atoms with Gasteiger partial charge in [0.05, 0.1) is 36.5 Å². The molecule has 0 spiro atoms. The van der Waals surface area contributed by atoms with E-state index in [9.17, 15) is 14.4 Å². The third-order valence-corrected chi connectivity index (χ3v) is 2.95. The van der Waals surface area contributed by atoms with Crippen LogP contribution in [0.15, 0.2) is 18.2 Å². The standard InChI is InChI=1S/C18H24O6.C2H6/c1-4-7-22-16(19)13-10-14(17(20)23-8-5-2)12-15(11-13)18(21)24-9-6-3;1-2/h10-12H,4-9H2,1-3H3;1-2H3. The summed E-state index contributed by atoms with van der Waals surface area (Å²) in [7, 11) is 0. The monoisotopic (exact) mass is 366 g/mol. The molecule has 0 saturated carbocycles. The third kappa shape index (κ3) is 8.14. The number of carbonyl (C=O) groups excluding carboxylic acids is 3. The molecule has 26 heavy (non-hydrogen) atoms. The van der Waals surface area contributed by atoms with Crippen molar-refractivity contribution < 1.29 is 28.6 Å². The highest BCUT2D eigenvalue weighted by Crippen LogP contribution is 2.15. The van der Waals surface area contributed by atoms with E-state index in [2.05, 4.69) is 0 Å². The van der Waals surface area contributed by atoms with Crippen molar-refractivity contribution >= 4 is 17.9 Å². The van der Waals surface area contributed by atoms with E-state index in [1.807, 2.05) is 34.6 Å².